The molecule has 0 aliphatic carbocycles. The number of hydrogen-bond acceptors (Lipinski definition) is 5. The van der Waals surface area contributed by atoms with Crippen LogP contribution in [0.15, 0.2) is 255 Å². The van der Waals surface area contributed by atoms with E-state index in [1.165, 1.54) is 16.2 Å². The average molecular weight is 895 g/mol. The van der Waals surface area contributed by atoms with E-state index in [2.05, 4.69) is 252 Å². The molecule has 0 aliphatic heterocycles. The van der Waals surface area contributed by atoms with Crippen LogP contribution in [0, 0.1) is 0 Å². The Kier molecular flexibility index (Phi) is 10.1. The third-order valence-corrected chi connectivity index (χ3v) is 13.3. The van der Waals surface area contributed by atoms with Gasteiger partial charge in [-0.1, -0.05) is 164 Å². The van der Waals surface area contributed by atoms with E-state index in [0.717, 1.165) is 89.0 Å². The maximum Gasteiger partial charge on any atom is 0.164 e. The molecule has 0 amide bonds. The van der Waals surface area contributed by atoms with E-state index in [4.69, 9.17) is 19.9 Å². The molecule has 3 heterocycles. The molecule has 0 fully saturated rings. The predicted octanol–water partition coefficient (Wildman–Crippen LogP) is 16.5. The van der Waals surface area contributed by atoms with Crippen LogP contribution in [0.3, 0.4) is 0 Å². The maximum atomic E-state index is 5.16. The Morgan fingerprint density at radius 2 is 0.871 bits per heavy atom. The lowest BCUT2D eigenvalue weighted by atomic mass is 9.99. The first-order chi connectivity index (χ1) is 34.7. The smallest absolute Gasteiger partial charge is 0.164 e. The van der Waals surface area contributed by atoms with Gasteiger partial charge in [-0.3, -0.25) is 4.98 Å². The molecular formula is C64H42N6. The van der Waals surface area contributed by atoms with Crippen LogP contribution in [0.4, 0.5) is 17.1 Å². The first-order valence-corrected chi connectivity index (χ1v) is 23.5. The van der Waals surface area contributed by atoms with Crippen LogP contribution >= 0.6 is 0 Å². The minimum Gasteiger partial charge on any atom is -0.310 e. The molecule has 0 unspecified atom stereocenters. The standard InChI is InChI=1S/C64H42N6/c1-3-19-51(20-4-1)69(52-21-5-2-6-22-52)58-26-11-9-23-54(58)49-36-39-60-57(42-49)56-24-10-12-27-59(56)70(60)53-37-34-47(35-38-53)63-66-62(67-64(68-63)50-33-28-43-15-7-8-16-48(43)41-50)46-31-29-44(30-32-46)55-25-13-17-45-18-14-40-65-61(45)55/h1-42H. The van der Waals surface area contributed by atoms with Crippen molar-refractivity contribution in [3.63, 3.8) is 0 Å². The van der Waals surface area contributed by atoms with E-state index in [0.29, 0.717) is 17.5 Å². The number of fused-ring (bicyclic) bond motifs is 5. The minimum absolute atomic E-state index is 0.604. The summed E-state index contributed by atoms with van der Waals surface area (Å²) in [5.74, 6) is 1.83. The van der Waals surface area contributed by atoms with Crippen molar-refractivity contribution in [3.8, 4) is 62.1 Å². The molecule has 0 bridgehead atoms. The predicted molar refractivity (Wildman–Crippen MR) is 289 cm³/mol. The molecule has 6 nitrogen and oxygen atoms in total. The molecule has 0 saturated carbocycles. The highest BCUT2D eigenvalue weighted by atomic mass is 15.1. The summed E-state index contributed by atoms with van der Waals surface area (Å²) in [5, 5.41) is 5.77. The van der Waals surface area contributed by atoms with Gasteiger partial charge >= 0.3 is 0 Å². The SMILES string of the molecule is c1ccc(N(c2ccccc2)c2ccccc2-c2ccc3c(c2)c2ccccc2n3-c2ccc(-c3nc(-c4ccc(-c5cccc6cccnc56)cc4)nc(-c4ccc5ccccc5c4)n3)cc2)cc1. The van der Waals surface area contributed by atoms with E-state index in [9.17, 15) is 0 Å². The summed E-state index contributed by atoms with van der Waals surface area (Å²) in [6.45, 7) is 0. The molecule has 0 N–H and O–H groups in total. The second-order valence-corrected chi connectivity index (χ2v) is 17.5. The van der Waals surface area contributed by atoms with Gasteiger partial charge < -0.3 is 9.47 Å². The van der Waals surface area contributed by atoms with Gasteiger partial charge in [0.25, 0.3) is 0 Å². The molecule has 0 atom stereocenters. The number of aromatic nitrogens is 5. The number of benzene rings is 10. The van der Waals surface area contributed by atoms with E-state index in [1.54, 1.807) is 0 Å². The summed E-state index contributed by atoms with van der Waals surface area (Å²) in [6.07, 6.45) is 1.85. The Morgan fingerprint density at radius 3 is 1.63 bits per heavy atom. The monoisotopic (exact) mass is 894 g/mol. The molecule has 0 saturated heterocycles. The van der Waals surface area contributed by atoms with Crippen molar-refractivity contribution < 1.29 is 0 Å². The van der Waals surface area contributed by atoms with E-state index < -0.39 is 0 Å². The number of para-hydroxylation sites is 5. The van der Waals surface area contributed by atoms with Crippen LogP contribution in [-0.4, -0.2) is 24.5 Å². The maximum absolute atomic E-state index is 5.16. The van der Waals surface area contributed by atoms with Crippen molar-refractivity contribution >= 4 is 60.5 Å². The summed E-state index contributed by atoms with van der Waals surface area (Å²) in [6, 6.07) is 87.6. The van der Waals surface area contributed by atoms with Gasteiger partial charge in [0, 0.05) is 67.2 Å². The summed E-state index contributed by atoms with van der Waals surface area (Å²) in [4.78, 5) is 22.5. The fourth-order valence-electron chi connectivity index (χ4n) is 9.90. The second-order valence-electron chi connectivity index (χ2n) is 17.5. The molecular weight excluding hydrogens is 853 g/mol. The van der Waals surface area contributed by atoms with Crippen LogP contribution in [0.2, 0.25) is 0 Å². The van der Waals surface area contributed by atoms with Gasteiger partial charge in [0.15, 0.2) is 17.5 Å². The number of hydrogen-bond donors (Lipinski definition) is 0. The normalized spacial score (nSPS) is 11.4. The lowest BCUT2D eigenvalue weighted by molar-refractivity contribution is 1.07. The molecule has 328 valence electrons. The fraction of sp³-hybridized carbons (Fsp3) is 0. The molecule has 0 spiro atoms. The van der Waals surface area contributed by atoms with Crippen LogP contribution in [-0.2, 0) is 0 Å². The van der Waals surface area contributed by atoms with Crippen molar-refractivity contribution in [1.82, 2.24) is 24.5 Å². The highest BCUT2D eigenvalue weighted by molar-refractivity contribution is 6.11. The second kappa shape index (κ2) is 17.3. The van der Waals surface area contributed by atoms with E-state index in [1.807, 2.05) is 12.3 Å². The first-order valence-electron chi connectivity index (χ1n) is 23.5. The highest BCUT2D eigenvalue weighted by Crippen LogP contribution is 2.43. The van der Waals surface area contributed by atoms with Gasteiger partial charge in [0.05, 0.1) is 22.2 Å². The molecule has 0 radical (unpaired) electrons. The molecule has 13 aromatic rings. The molecule has 3 aromatic heterocycles. The van der Waals surface area contributed by atoms with Crippen molar-refractivity contribution in [2.45, 2.75) is 0 Å². The van der Waals surface area contributed by atoms with Crippen LogP contribution in [0.5, 0.6) is 0 Å². The van der Waals surface area contributed by atoms with Crippen molar-refractivity contribution in [2.75, 3.05) is 4.90 Å². The Balaban J connectivity index is 0.894. The zero-order valence-electron chi connectivity index (χ0n) is 37.9. The fourth-order valence-corrected chi connectivity index (χ4v) is 9.90. The average Bonchev–Trinajstić information content (AvgIpc) is 3.77. The lowest BCUT2D eigenvalue weighted by Gasteiger charge is -2.27. The molecule has 6 heteroatoms. The van der Waals surface area contributed by atoms with Gasteiger partial charge in [-0.05, 0) is 107 Å². The Bertz CT molecular complexity index is 4010. The third kappa shape index (κ3) is 7.32. The van der Waals surface area contributed by atoms with Crippen molar-refractivity contribution in [3.05, 3.63) is 255 Å². The Hall–Kier alpha value is -9.52. The summed E-state index contributed by atoms with van der Waals surface area (Å²) in [7, 11) is 0. The number of pyridine rings is 1. The van der Waals surface area contributed by atoms with Crippen LogP contribution in [0.1, 0.15) is 0 Å². The summed E-state index contributed by atoms with van der Waals surface area (Å²) >= 11 is 0. The van der Waals surface area contributed by atoms with Crippen molar-refractivity contribution in [1.29, 1.82) is 0 Å². The van der Waals surface area contributed by atoms with Crippen LogP contribution < -0.4 is 4.90 Å². The number of rotatable bonds is 9. The first kappa shape index (κ1) is 40.7. The van der Waals surface area contributed by atoms with Gasteiger partial charge in [-0.2, -0.15) is 0 Å². The Labute approximate surface area is 405 Å². The topological polar surface area (TPSA) is 59.7 Å². The number of anilines is 3. The quantitative estimate of drug-likeness (QED) is 0.144. The minimum atomic E-state index is 0.604. The lowest BCUT2D eigenvalue weighted by Crippen LogP contribution is -2.10. The molecule has 70 heavy (non-hydrogen) atoms. The van der Waals surface area contributed by atoms with Gasteiger partial charge in [-0.25, -0.2) is 15.0 Å². The third-order valence-electron chi connectivity index (χ3n) is 13.3. The van der Waals surface area contributed by atoms with Gasteiger partial charge in [0.2, 0.25) is 0 Å². The Morgan fingerprint density at radius 1 is 0.329 bits per heavy atom. The zero-order valence-corrected chi connectivity index (χ0v) is 37.9. The largest absolute Gasteiger partial charge is 0.310 e. The van der Waals surface area contributed by atoms with E-state index in [-0.39, 0.29) is 0 Å². The summed E-state index contributed by atoms with van der Waals surface area (Å²) in [5.41, 5.74) is 14.8. The van der Waals surface area contributed by atoms with Crippen LogP contribution in [0.25, 0.3) is 106 Å². The molecule has 13 rings (SSSR count). The van der Waals surface area contributed by atoms with E-state index >= 15 is 0 Å². The zero-order chi connectivity index (χ0) is 46.4. The summed E-state index contributed by atoms with van der Waals surface area (Å²) < 4.78 is 2.36. The molecule has 10 aromatic carbocycles. The van der Waals surface area contributed by atoms with Gasteiger partial charge in [0.1, 0.15) is 0 Å². The van der Waals surface area contributed by atoms with Gasteiger partial charge in [-0.15, -0.1) is 0 Å². The van der Waals surface area contributed by atoms with Crippen molar-refractivity contribution in [2.24, 2.45) is 0 Å². The molecule has 0 aliphatic rings. The number of nitrogens with zero attached hydrogens (tertiary/aromatic N) is 6. The highest BCUT2D eigenvalue weighted by Gasteiger charge is 2.20.